The fraction of sp³-hybridized carbons (Fsp3) is 0.581. The molecule has 0 aromatic heterocycles. The number of hydrogen-bond acceptors (Lipinski definition) is 10. The number of nitrogens with two attached hydrogens (primary N) is 2. The van der Waals surface area contributed by atoms with Crippen molar-refractivity contribution in [2.45, 2.75) is 82.7 Å². The minimum atomic E-state index is -1.01. The molecule has 48 heavy (non-hydrogen) atoms. The molecule has 3 atom stereocenters. The number of primary amides is 1. The number of unbranched alkanes of at least 4 members (excludes halogenated alkanes) is 2. The summed E-state index contributed by atoms with van der Waals surface area (Å²) >= 11 is 4.11. The van der Waals surface area contributed by atoms with Crippen LogP contribution in [0, 0.1) is 5.92 Å². The monoisotopic (exact) mass is 692 g/mol. The summed E-state index contributed by atoms with van der Waals surface area (Å²) in [6, 6.07) is 3.94. The summed E-state index contributed by atoms with van der Waals surface area (Å²) in [4.78, 5) is 87.2. The van der Waals surface area contributed by atoms with Gasteiger partial charge in [-0.3, -0.25) is 28.9 Å². The standard InChI is InChI=1S/C31H48N8O8S/c1-19(2)26(38-24(40)8-4-3-5-16-39-25(41)17-23(48)29(39)44)28(43)37-22(7-6-14-34-30(33)45)27(42)36-21-11-9-20(10-12-21)18-47-31(46)35-15-13-32/h9-12,19,22-23,26,48H,3-8,13-18,32H2,1-2H3,(H,35,46)(H,36,42)(H,37,43)(H,38,40)(H3,33,34,45)/t22-,23?,26-/m0/s1. The molecule has 1 saturated heterocycles. The van der Waals surface area contributed by atoms with Gasteiger partial charge >= 0.3 is 12.1 Å². The van der Waals surface area contributed by atoms with E-state index >= 15 is 0 Å². The number of anilines is 1. The van der Waals surface area contributed by atoms with Crippen LogP contribution in [0.3, 0.4) is 0 Å². The van der Waals surface area contributed by atoms with Crippen LogP contribution in [-0.2, 0) is 35.3 Å². The van der Waals surface area contributed by atoms with E-state index in [1.54, 1.807) is 38.1 Å². The lowest BCUT2D eigenvalue weighted by atomic mass is 10.0. The Morgan fingerprint density at radius 2 is 1.67 bits per heavy atom. The lowest BCUT2D eigenvalue weighted by molar-refractivity contribution is -0.138. The summed E-state index contributed by atoms with van der Waals surface area (Å²) in [5.41, 5.74) is 11.6. The van der Waals surface area contributed by atoms with Gasteiger partial charge in [-0.2, -0.15) is 12.6 Å². The van der Waals surface area contributed by atoms with Gasteiger partial charge in [-0.05, 0) is 49.3 Å². The third-order valence-electron chi connectivity index (χ3n) is 7.38. The Kier molecular flexibility index (Phi) is 17.2. The largest absolute Gasteiger partial charge is 0.445 e. The average Bonchev–Trinajstić information content (AvgIpc) is 3.28. The maximum absolute atomic E-state index is 13.4. The summed E-state index contributed by atoms with van der Waals surface area (Å²) in [7, 11) is 0. The summed E-state index contributed by atoms with van der Waals surface area (Å²) in [5, 5.41) is 12.6. The first kappa shape index (κ1) is 39.8. The number of carbonyl (C=O) groups is 7. The van der Waals surface area contributed by atoms with Gasteiger partial charge in [0.05, 0.1) is 5.25 Å². The van der Waals surface area contributed by atoms with E-state index in [0.717, 1.165) is 0 Å². The number of nitrogens with zero attached hydrogens (tertiary/aromatic N) is 1. The molecule has 1 aromatic rings. The van der Waals surface area contributed by atoms with E-state index in [1.807, 2.05) is 0 Å². The smallest absolute Gasteiger partial charge is 0.407 e. The first-order valence-electron chi connectivity index (χ1n) is 16.0. The highest BCUT2D eigenvalue weighted by Crippen LogP contribution is 2.19. The summed E-state index contributed by atoms with van der Waals surface area (Å²) in [6.07, 6.45) is 1.75. The van der Waals surface area contributed by atoms with Gasteiger partial charge in [0.1, 0.15) is 18.7 Å². The molecule has 1 aromatic carbocycles. The van der Waals surface area contributed by atoms with Crippen LogP contribution in [0.25, 0.3) is 0 Å². The number of likely N-dealkylation sites (tertiary alicyclic amines) is 1. The molecule has 16 nitrogen and oxygen atoms in total. The molecule has 2 rings (SSSR count). The van der Waals surface area contributed by atoms with Crippen molar-refractivity contribution in [3.05, 3.63) is 29.8 Å². The third-order valence-corrected chi connectivity index (χ3v) is 7.78. The van der Waals surface area contributed by atoms with Crippen LogP contribution < -0.4 is 38.1 Å². The second-order valence-electron chi connectivity index (χ2n) is 11.7. The van der Waals surface area contributed by atoms with E-state index < -0.39 is 41.3 Å². The molecule has 9 N–H and O–H groups in total. The quantitative estimate of drug-likeness (QED) is 0.0538. The van der Waals surface area contributed by atoms with Gasteiger partial charge in [0.15, 0.2) is 0 Å². The number of ether oxygens (including phenoxy) is 1. The predicted molar refractivity (Wildman–Crippen MR) is 180 cm³/mol. The van der Waals surface area contributed by atoms with E-state index in [0.29, 0.717) is 36.9 Å². The molecule has 1 aliphatic heterocycles. The number of alkyl carbamates (subject to hydrolysis) is 1. The average molecular weight is 693 g/mol. The van der Waals surface area contributed by atoms with Crippen LogP contribution in [0.1, 0.15) is 64.4 Å². The zero-order chi connectivity index (χ0) is 35.6. The Morgan fingerprint density at radius 3 is 2.27 bits per heavy atom. The molecule has 17 heteroatoms. The van der Waals surface area contributed by atoms with E-state index in [4.69, 9.17) is 16.2 Å². The Morgan fingerprint density at radius 1 is 0.958 bits per heavy atom. The van der Waals surface area contributed by atoms with Gasteiger partial charge in [0.2, 0.25) is 29.5 Å². The highest BCUT2D eigenvalue weighted by Gasteiger charge is 2.35. The summed E-state index contributed by atoms with van der Waals surface area (Å²) < 4.78 is 5.10. The van der Waals surface area contributed by atoms with Gasteiger partial charge in [0, 0.05) is 44.7 Å². The number of urea groups is 1. The molecule has 1 heterocycles. The molecule has 0 radical (unpaired) electrons. The SMILES string of the molecule is CC(C)[C@H](NC(=O)CCCCCN1C(=O)CC(S)C1=O)C(=O)N[C@@H](CCCNC(N)=O)C(=O)Nc1ccc(COC(=O)NCCN)cc1. The molecule has 0 bridgehead atoms. The Bertz CT molecular complexity index is 1280. The number of benzene rings is 1. The second kappa shape index (κ2) is 20.8. The van der Waals surface area contributed by atoms with Crippen LogP contribution in [0.15, 0.2) is 24.3 Å². The number of carbonyl (C=O) groups excluding carboxylic acids is 7. The van der Waals surface area contributed by atoms with Crippen molar-refractivity contribution < 1.29 is 38.3 Å². The second-order valence-corrected chi connectivity index (χ2v) is 12.3. The highest BCUT2D eigenvalue weighted by molar-refractivity contribution is 7.81. The van der Waals surface area contributed by atoms with Crippen LogP contribution in [-0.4, -0.2) is 90.1 Å². The molecule has 0 aliphatic carbocycles. The van der Waals surface area contributed by atoms with Gasteiger partial charge in [0.25, 0.3) is 0 Å². The van der Waals surface area contributed by atoms with Crippen molar-refractivity contribution in [3.63, 3.8) is 0 Å². The maximum Gasteiger partial charge on any atom is 0.407 e. The van der Waals surface area contributed by atoms with Gasteiger partial charge in [-0.15, -0.1) is 0 Å². The fourth-order valence-corrected chi connectivity index (χ4v) is 5.04. The number of nitrogens with one attached hydrogen (secondary N) is 5. The molecule has 1 fully saturated rings. The first-order chi connectivity index (χ1) is 22.8. The number of amides is 8. The van der Waals surface area contributed by atoms with E-state index in [1.165, 1.54) is 4.90 Å². The molecule has 0 spiro atoms. The van der Waals surface area contributed by atoms with Crippen molar-refractivity contribution >= 4 is 60.0 Å². The molecular weight excluding hydrogens is 644 g/mol. The molecule has 1 unspecified atom stereocenters. The number of thiol groups is 1. The highest BCUT2D eigenvalue weighted by atomic mass is 32.1. The molecule has 1 aliphatic rings. The topological polar surface area (TPSA) is 244 Å². The Balaban J connectivity index is 1.93. The lowest BCUT2D eigenvalue weighted by Crippen LogP contribution is -2.54. The molecule has 0 saturated carbocycles. The van der Waals surface area contributed by atoms with Crippen LogP contribution in [0.4, 0.5) is 15.3 Å². The molecule has 8 amide bonds. The summed E-state index contributed by atoms with van der Waals surface area (Å²) in [6.45, 7) is 4.57. The minimum absolute atomic E-state index is 0.00982. The van der Waals surface area contributed by atoms with Gasteiger partial charge in [-0.1, -0.05) is 32.4 Å². The third kappa shape index (κ3) is 14.2. The van der Waals surface area contributed by atoms with Crippen molar-refractivity contribution in [3.8, 4) is 0 Å². The summed E-state index contributed by atoms with van der Waals surface area (Å²) in [5.74, 6) is -2.25. The van der Waals surface area contributed by atoms with E-state index in [-0.39, 0.29) is 75.7 Å². The van der Waals surface area contributed by atoms with Crippen LogP contribution in [0.2, 0.25) is 0 Å². The minimum Gasteiger partial charge on any atom is -0.445 e. The van der Waals surface area contributed by atoms with Crippen molar-refractivity contribution in [1.82, 2.24) is 26.2 Å². The van der Waals surface area contributed by atoms with E-state index in [2.05, 4.69) is 39.2 Å². The zero-order valence-corrected chi connectivity index (χ0v) is 28.3. The van der Waals surface area contributed by atoms with Crippen molar-refractivity contribution in [1.29, 1.82) is 0 Å². The van der Waals surface area contributed by atoms with E-state index in [9.17, 15) is 33.6 Å². The predicted octanol–water partition coefficient (Wildman–Crippen LogP) is 0.502. The maximum atomic E-state index is 13.4. The first-order valence-corrected chi connectivity index (χ1v) is 16.5. The van der Waals surface area contributed by atoms with Gasteiger partial charge in [-0.25, -0.2) is 9.59 Å². The number of imide groups is 1. The lowest BCUT2D eigenvalue weighted by Gasteiger charge is -2.25. The fourth-order valence-electron chi connectivity index (χ4n) is 4.75. The van der Waals surface area contributed by atoms with Crippen molar-refractivity contribution in [2.75, 3.05) is 31.5 Å². The van der Waals surface area contributed by atoms with Crippen LogP contribution in [0.5, 0.6) is 0 Å². The Hall–Kier alpha value is -4.38. The number of rotatable bonds is 20. The Labute approximate surface area is 285 Å². The normalized spacial score (nSPS) is 15.4. The zero-order valence-electron chi connectivity index (χ0n) is 27.4. The number of hydrogen-bond donors (Lipinski definition) is 8. The van der Waals surface area contributed by atoms with Crippen molar-refractivity contribution in [2.24, 2.45) is 17.4 Å². The van der Waals surface area contributed by atoms with Crippen LogP contribution >= 0.6 is 12.6 Å². The molecule has 266 valence electrons. The van der Waals surface area contributed by atoms with Gasteiger partial charge < -0.3 is 42.8 Å². The molecular formula is C31H48N8O8S.